The molecule has 1 aliphatic rings. The number of nitrogens with zero attached hydrogens (tertiary/aromatic N) is 1. The van der Waals surface area contributed by atoms with Crippen molar-refractivity contribution in [2.75, 3.05) is 24.7 Å². The van der Waals surface area contributed by atoms with Gasteiger partial charge in [0.2, 0.25) is 10.0 Å². The van der Waals surface area contributed by atoms with Gasteiger partial charge >= 0.3 is 6.03 Å². The Labute approximate surface area is 192 Å². The van der Waals surface area contributed by atoms with Crippen molar-refractivity contribution in [2.45, 2.75) is 24.8 Å². The lowest BCUT2D eigenvalue weighted by molar-refractivity contribution is -0.0338. The van der Waals surface area contributed by atoms with E-state index < -0.39 is 46.1 Å². The van der Waals surface area contributed by atoms with Gasteiger partial charge in [-0.25, -0.2) is 35.5 Å². The van der Waals surface area contributed by atoms with E-state index in [0.29, 0.717) is 0 Å². The number of benzene rings is 2. The van der Waals surface area contributed by atoms with E-state index in [1.54, 1.807) is 12.1 Å². The molecule has 1 aliphatic heterocycles. The number of furan rings is 1. The number of urea groups is 1. The second kappa shape index (κ2) is 8.91. The summed E-state index contributed by atoms with van der Waals surface area (Å²) in [5.41, 5.74) is 0.224. The number of alkyl halides is 2. The second-order valence-corrected chi connectivity index (χ2v) is 9.86. The molecule has 0 radical (unpaired) electrons. The van der Waals surface area contributed by atoms with Gasteiger partial charge < -0.3 is 14.6 Å². The summed E-state index contributed by atoms with van der Waals surface area (Å²) >= 11 is 0. The van der Waals surface area contributed by atoms with Crippen LogP contribution in [0.2, 0.25) is 0 Å². The maximum absolute atomic E-state index is 14.4. The van der Waals surface area contributed by atoms with Crippen LogP contribution in [-0.4, -0.2) is 50.7 Å². The number of carbonyl (C=O) groups is 1. The Bertz CT molecular complexity index is 1320. The number of hydrogen-bond acceptors (Lipinski definition) is 4. The summed E-state index contributed by atoms with van der Waals surface area (Å²) in [6, 6.07) is 5.64. The average Bonchev–Trinajstić information content (AvgIpc) is 3.08. The molecular formula is C22H21F4N3O4S. The normalized spacial score (nSPS) is 18.6. The van der Waals surface area contributed by atoms with Crippen LogP contribution in [0.5, 0.6) is 0 Å². The third kappa shape index (κ3) is 4.87. The molecular weight excluding hydrogens is 478 g/mol. The van der Waals surface area contributed by atoms with Gasteiger partial charge in [0.25, 0.3) is 5.92 Å². The number of amides is 2. The molecule has 1 atom stereocenters. The predicted molar refractivity (Wildman–Crippen MR) is 118 cm³/mol. The van der Waals surface area contributed by atoms with E-state index >= 15 is 0 Å². The summed E-state index contributed by atoms with van der Waals surface area (Å²) in [5.74, 6) is -4.95. The van der Waals surface area contributed by atoms with Gasteiger partial charge in [-0.3, -0.25) is 0 Å². The Morgan fingerprint density at radius 1 is 1.12 bits per heavy atom. The highest BCUT2D eigenvalue weighted by Gasteiger charge is 2.43. The van der Waals surface area contributed by atoms with Crippen LogP contribution in [0.3, 0.4) is 0 Å². The maximum Gasteiger partial charge on any atom is 0.321 e. The van der Waals surface area contributed by atoms with Crippen molar-refractivity contribution in [3.05, 3.63) is 54.3 Å². The third-order valence-electron chi connectivity index (χ3n) is 5.63. The zero-order chi connectivity index (χ0) is 24.7. The fraction of sp³-hybridized carbons (Fsp3) is 0.318. The number of halogens is 4. The van der Waals surface area contributed by atoms with Crippen molar-refractivity contribution in [3.8, 4) is 11.1 Å². The maximum atomic E-state index is 14.4. The zero-order valence-corrected chi connectivity index (χ0v) is 18.8. The summed E-state index contributed by atoms with van der Waals surface area (Å²) < 4.78 is 88.0. The number of rotatable bonds is 4. The number of carbonyl (C=O) groups excluding carboxylic acids is 1. The third-order valence-corrected chi connectivity index (χ3v) is 6.34. The molecule has 3 aromatic rings. The standard InChI is InChI=1S/C22H21F4N3O4S/c1-34(31,32)28-18-8-10-29(11-9-22(18,25)26)21(30)27-16-12-33-17-7-2-4-13(20(16)17)19-14(23)5-3-6-15(19)24/h2-7,12,18,28H,8-11H2,1H3,(H,27,30)/t18-/m1/s1. The molecule has 2 aromatic carbocycles. The van der Waals surface area contributed by atoms with Gasteiger partial charge in [-0.1, -0.05) is 18.2 Å². The first-order valence-electron chi connectivity index (χ1n) is 10.3. The van der Waals surface area contributed by atoms with Crippen LogP contribution in [0.1, 0.15) is 12.8 Å². The van der Waals surface area contributed by atoms with Crippen LogP contribution < -0.4 is 10.0 Å². The SMILES string of the molecule is CS(=O)(=O)N[C@@H]1CCN(C(=O)Nc2coc3cccc(-c4c(F)cccc4F)c23)CCC1(F)F. The lowest BCUT2D eigenvalue weighted by Gasteiger charge is -2.23. The first kappa shape index (κ1) is 24.0. The van der Waals surface area contributed by atoms with E-state index in [9.17, 15) is 30.8 Å². The van der Waals surface area contributed by atoms with Crippen LogP contribution in [0.15, 0.2) is 47.1 Å². The molecule has 2 amide bonds. The molecule has 2 heterocycles. The highest BCUT2D eigenvalue weighted by atomic mass is 32.2. The second-order valence-electron chi connectivity index (χ2n) is 8.08. The topological polar surface area (TPSA) is 91.7 Å². The minimum Gasteiger partial charge on any atom is -0.462 e. The molecule has 2 N–H and O–H groups in total. The number of sulfonamides is 1. The molecule has 1 saturated heterocycles. The van der Waals surface area contributed by atoms with E-state index in [2.05, 4.69) is 5.32 Å². The molecule has 34 heavy (non-hydrogen) atoms. The molecule has 0 bridgehead atoms. The summed E-state index contributed by atoms with van der Waals surface area (Å²) in [6.45, 7) is -0.468. The fourth-order valence-corrected chi connectivity index (χ4v) is 4.82. The van der Waals surface area contributed by atoms with Crippen LogP contribution in [0.25, 0.3) is 22.1 Å². The molecule has 1 aromatic heterocycles. The monoisotopic (exact) mass is 499 g/mol. The molecule has 0 spiro atoms. The minimum atomic E-state index is -3.88. The Morgan fingerprint density at radius 3 is 2.47 bits per heavy atom. The largest absolute Gasteiger partial charge is 0.462 e. The average molecular weight is 499 g/mol. The van der Waals surface area contributed by atoms with Gasteiger partial charge in [-0.15, -0.1) is 0 Å². The van der Waals surface area contributed by atoms with E-state index in [1.807, 2.05) is 4.72 Å². The van der Waals surface area contributed by atoms with Crippen molar-refractivity contribution < 1.29 is 35.2 Å². The van der Waals surface area contributed by atoms with Crippen LogP contribution >= 0.6 is 0 Å². The number of likely N-dealkylation sites (tertiary alicyclic amines) is 1. The van der Waals surface area contributed by atoms with Gasteiger partial charge in [-0.05, 0) is 24.6 Å². The van der Waals surface area contributed by atoms with E-state index in [1.165, 1.54) is 18.4 Å². The Hall–Kier alpha value is -3.12. The Kier molecular flexibility index (Phi) is 6.30. The minimum absolute atomic E-state index is 0.111. The van der Waals surface area contributed by atoms with E-state index in [0.717, 1.165) is 23.3 Å². The molecule has 1 fully saturated rings. The van der Waals surface area contributed by atoms with Gasteiger partial charge in [0.15, 0.2) is 0 Å². The van der Waals surface area contributed by atoms with Crippen LogP contribution in [0, 0.1) is 11.6 Å². The van der Waals surface area contributed by atoms with Crippen molar-refractivity contribution >= 4 is 32.7 Å². The van der Waals surface area contributed by atoms with Gasteiger partial charge in [0, 0.05) is 25.1 Å². The summed E-state index contributed by atoms with van der Waals surface area (Å²) in [7, 11) is -3.88. The fourth-order valence-electron chi connectivity index (χ4n) is 4.01. The molecule has 12 heteroatoms. The van der Waals surface area contributed by atoms with Gasteiger partial charge in [0.1, 0.15) is 23.5 Å². The molecule has 182 valence electrons. The molecule has 0 aliphatic carbocycles. The van der Waals surface area contributed by atoms with Gasteiger partial charge in [0.05, 0.1) is 28.9 Å². The van der Waals surface area contributed by atoms with Crippen molar-refractivity contribution in [3.63, 3.8) is 0 Å². The number of fused-ring (bicyclic) bond motifs is 1. The molecule has 7 nitrogen and oxygen atoms in total. The van der Waals surface area contributed by atoms with Crippen molar-refractivity contribution in [1.82, 2.24) is 9.62 Å². The molecule has 4 rings (SSSR count). The van der Waals surface area contributed by atoms with Crippen molar-refractivity contribution in [1.29, 1.82) is 0 Å². The van der Waals surface area contributed by atoms with Gasteiger partial charge in [-0.2, -0.15) is 0 Å². The van der Waals surface area contributed by atoms with Crippen LogP contribution in [-0.2, 0) is 10.0 Å². The summed E-state index contributed by atoms with van der Waals surface area (Å²) in [4.78, 5) is 14.0. The Morgan fingerprint density at radius 2 is 1.79 bits per heavy atom. The summed E-state index contributed by atoms with van der Waals surface area (Å²) in [5, 5.41) is 2.81. The van der Waals surface area contributed by atoms with E-state index in [4.69, 9.17) is 4.42 Å². The first-order valence-corrected chi connectivity index (χ1v) is 12.2. The lowest BCUT2D eigenvalue weighted by Crippen LogP contribution is -2.47. The number of hydrogen-bond donors (Lipinski definition) is 2. The lowest BCUT2D eigenvalue weighted by atomic mass is 10.00. The van der Waals surface area contributed by atoms with Crippen LogP contribution in [0.4, 0.5) is 28.0 Å². The van der Waals surface area contributed by atoms with Crippen molar-refractivity contribution in [2.24, 2.45) is 0 Å². The van der Waals surface area contributed by atoms with E-state index in [-0.39, 0.29) is 47.3 Å². The molecule has 0 unspecified atom stereocenters. The smallest absolute Gasteiger partial charge is 0.321 e. The summed E-state index contributed by atoms with van der Waals surface area (Å²) in [6.07, 6.45) is 0.945. The Balaban J connectivity index is 1.61. The first-order chi connectivity index (χ1) is 16.0. The predicted octanol–water partition coefficient (Wildman–Crippen LogP) is 4.56. The quantitative estimate of drug-likeness (QED) is 0.515. The number of anilines is 1. The number of nitrogens with one attached hydrogen (secondary N) is 2. The highest BCUT2D eigenvalue weighted by Crippen LogP contribution is 2.38. The zero-order valence-electron chi connectivity index (χ0n) is 17.9. The molecule has 0 saturated carbocycles. The highest BCUT2D eigenvalue weighted by molar-refractivity contribution is 7.88.